The summed E-state index contributed by atoms with van der Waals surface area (Å²) >= 11 is 0. The summed E-state index contributed by atoms with van der Waals surface area (Å²) in [5.74, 6) is 4.87. The third kappa shape index (κ3) is 3.51. The summed E-state index contributed by atoms with van der Waals surface area (Å²) in [6.07, 6.45) is 0. The molecule has 0 bridgehead atoms. The monoisotopic (exact) mass is 119 g/mol. The lowest BCUT2D eigenvalue weighted by Crippen LogP contribution is -2.37. The maximum atomic E-state index is 9.68. The van der Waals surface area contributed by atoms with Crippen molar-refractivity contribution in [2.75, 3.05) is 6.54 Å². The fourth-order valence-electron chi connectivity index (χ4n) is 0.276. The third-order valence-electron chi connectivity index (χ3n) is 0.707. The van der Waals surface area contributed by atoms with Crippen molar-refractivity contribution >= 4 is 0 Å². The van der Waals surface area contributed by atoms with Crippen LogP contribution in [-0.4, -0.2) is 17.5 Å². The summed E-state index contributed by atoms with van der Waals surface area (Å²) < 4.78 is 0. The van der Waals surface area contributed by atoms with Gasteiger partial charge in [0.2, 0.25) is 6.54 Å². The zero-order chi connectivity index (χ0) is 6.57. The van der Waals surface area contributed by atoms with E-state index in [1.165, 1.54) is 0 Å². The van der Waals surface area contributed by atoms with Gasteiger partial charge >= 0.3 is 0 Å². The Labute approximate surface area is 47.0 Å². The quantitative estimate of drug-likeness (QED) is 0.287. The van der Waals surface area contributed by atoms with E-state index < -0.39 is 4.92 Å². The molecule has 0 radical (unpaired) electrons. The number of nitrogens with two attached hydrogens (primary N) is 1. The van der Waals surface area contributed by atoms with Crippen LogP contribution in [0.4, 0.5) is 0 Å². The summed E-state index contributed by atoms with van der Waals surface area (Å²) in [7, 11) is 0. The summed E-state index contributed by atoms with van der Waals surface area (Å²) in [6, 6.07) is -0.245. The number of rotatable bonds is 3. The zero-order valence-corrected chi connectivity index (χ0v) is 4.63. The lowest BCUT2D eigenvalue weighted by atomic mass is 10.4. The first-order valence-corrected chi connectivity index (χ1v) is 2.24. The number of hydrazine groups is 1. The molecule has 48 valence electrons. The van der Waals surface area contributed by atoms with Gasteiger partial charge in [0, 0.05) is 4.92 Å². The van der Waals surface area contributed by atoms with Crippen LogP contribution in [0.15, 0.2) is 0 Å². The first-order valence-electron chi connectivity index (χ1n) is 2.24. The molecule has 0 aliphatic rings. The van der Waals surface area contributed by atoms with Crippen molar-refractivity contribution in [3.8, 4) is 0 Å². The van der Waals surface area contributed by atoms with Crippen molar-refractivity contribution in [2.45, 2.75) is 13.0 Å². The first-order chi connectivity index (χ1) is 3.66. The van der Waals surface area contributed by atoms with Crippen molar-refractivity contribution in [2.24, 2.45) is 5.84 Å². The van der Waals surface area contributed by atoms with E-state index in [9.17, 15) is 10.1 Å². The Kier molecular flexibility index (Phi) is 3.05. The molecule has 0 amide bonds. The van der Waals surface area contributed by atoms with Gasteiger partial charge in [0.05, 0.1) is 6.04 Å². The number of hydrogen-bond acceptors (Lipinski definition) is 4. The fourth-order valence-corrected chi connectivity index (χ4v) is 0.276. The summed E-state index contributed by atoms with van der Waals surface area (Å²) in [5, 5.41) is 9.68. The Balaban J connectivity index is 3.24. The smallest absolute Gasteiger partial charge is 0.220 e. The van der Waals surface area contributed by atoms with Crippen LogP contribution in [0.2, 0.25) is 0 Å². The molecule has 0 aromatic carbocycles. The lowest BCUT2D eigenvalue weighted by molar-refractivity contribution is -0.483. The Morgan fingerprint density at radius 2 is 2.50 bits per heavy atom. The third-order valence-corrected chi connectivity index (χ3v) is 0.707. The van der Waals surface area contributed by atoms with Gasteiger partial charge in [-0.3, -0.25) is 21.4 Å². The van der Waals surface area contributed by atoms with Crippen LogP contribution in [0.5, 0.6) is 0 Å². The average molecular weight is 119 g/mol. The SMILES string of the molecule is CC(C[N+](=O)[O-])NN. The molecule has 0 aromatic rings. The summed E-state index contributed by atoms with van der Waals surface area (Å²) in [6.45, 7) is 1.51. The van der Waals surface area contributed by atoms with E-state index in [1.54, 1.807) is 6.92 Å². The molecule has 5 nitrogen and oxygen atoms in total. The highest BCUT2D eigenvalue weighted by molar-refractivity contribution is 4.49. The molecule has 0 saturated carbocycles. The molecular formula is C3H9N3O2. The summed E-state index contributed by atoms with van der Waals surface area (Å²) in [5.41, 5.74) is 2.25. The molecule has 0 spiro atoms. The Morgan fingerprint density at radius 1 is 2.00 bits per heavy atom. The molecule has 1 unspecified atom stereocenters. The maximum absolute atomic E-state index is 9.68. The predicted molar refractivity (Wildman–Crippen MR) is 28.6 cm³/mol. The van der Waals surface area contributed by atoms with Gasteiger partial charge in [0.1, 0.15) is 0 Å². The van der Waals surface area contributed by atoms with Crippen LogP contribution >= 0.6 is 0 Å². The molecule has 0 aliphatic heterocycles. The van der Waals surface area contributed by atoms with Crippen LogP contribution in [0.25, 0.3) is 0 Å². The van der Waals surface area contributed by atoms with Gasteiger partial charge in [-0.15, -0.1) is 0 Å². The average Bonchev–Trinajstić information content (AvgIpc) is 1.65. The van der Waals surface area contributed by atoms with Crippen molar-refractivity contribution in [3.05, 3.63) is 10.1 Å². The molecule has 0 saturated heterocycles. The molecule has 0 aromatic heterocycles. The molecule has 0 rings (SSSR count). The number of nitro groups is 1. The molecule has 8 heavy (non-hydrogen) atoms. The topological polar surface area (TPSA) is 81.2 Å². The minimum absolute atomic E-state index is 0.128. The molecule has 1 atom stereocenters. The zero-order valence-electron chi connectivity index (χ0n) is 4.63. The normalized spacial score (nSPS) is 13.2. The molecule has 0 aliphatic carbocycles. The van der Waals surface area contributed by atoms with Crippen molar-refractivity contribution in [1.29, 1.82) is 0 Å². The highest BCUT2D eigenvalue weighted by Gasteiger charge is 2.04. The second kappa shape index (κ2) is 3.34. The van der Waals surface area contributed by atoms with E-state index in [1.807, 2.05) is 0 Å². The molecule has 0 heterocycles. The van der Waals surface area contributed by atoms with Gasteiger partial charge in [0.15, 0.2) is 0 Å². The van der Waals surface area contributed by atoms with Gasteiger partial charge in [-0.1, -0.05) is 0 Å². The Hall–Kier alpha value is -0.680. The van der Waals surface area contributed by atoms with Crippen molar-refractivity contribution < 1.29 is 4.92 Å². The second-order valence-corrected chi connectivity index (χ2v) is 1.58. The molecular weight excluding hydrogens is 110 g/mol. The van der Waals surface area contributed by atoms with E-state index in [2.05, 4.69) is 5.43 Å². The first kappa shape index (κ1) is 7.32. The van der Waals surface area contributed by atoms with Gasteiger partial charge in [-0.05, 0) is 6.92 Å². The number of nitrogens with zero attached hydrogens (tertiary/aromatic N) is 1. The highest BCUT2D eigenvalue weighted by Crippen LogP contribution is 1.76. The van der Waals surface area contributed by atoms with Crippen LogP contribution in [0, 0.1) is 10.1 Å². The van der Waals surface area contributed by atoms with E-state index in [0.29, 0.717) is 0 Å². The van der Waals surface area contributed by atoms with Gasteiger partial charge in [-0.2, -0.15) is 0 Å². The molecule has 3 N–H and O–H groups in total. The Morgan fingerprint density at radius 3 is 2.62 bits per heavy atom. The minimum Gasteiger partial charge on any atom is -0.271 e. The van der Waals surface area contributed by atoms with Gasteiger partial charge < -0.3 is 0 Å². The molecule has 0 fully saturated rings. The van der Waals surface area contributed by atoms with Crippen LogP contribution in [-0.2, 0) is 0 Å². The van der Waals surface area contributed by atoms with Crippen LogP contribution in [0.1, 0.15) is 6.92 Å². The number of nitrogens with one attached hydrogen (secondary N) is 1. The van der Waals surface area contributed by atoms with Crippen molar-refractivity contribution in [1.82, 2.24) is 5.43 Å². The van der Waals surface area contributed by atoms with E-state index in [0.717, 1.165) is 0 Å². The van der Waals surface area contributed by atoms with Crippen LogP contribution in [0.3, 0.4) is 0 Å². The van der Waals surface area contributed by atoms with Crippen LogP contribution < -0.4 is 11.3 Å². The van der Waals surface area contributed by atoms with E-state index >= 15 is 0 Å². The second-order valence-electron chi connectivity index (χ2n) is 1.58. The van der Waals surface area contributed by atoms with Gasteiger partial charge in [-0.25, -0.2) is 0 Å². The summed E-state index contributed by atoms with van der Waals surface area (Å²) in [4.78, 5) is 9.27. The maximum Gasteiger partial charge on any atom is 0.220 e. The lowest BCUT2D eigenvalue weighted by Gasteiger charge is -2.00. The van der Waals surface area contributed by atoms with E-state index in [4.69, 9.17) is 5.84 Å². The Bertz CT molecular complexity index is 84.6. The standard InChI is InChI=1S/C3H9N3O2/c1-3(5-4)2-6(7)8/h3,5H,2,4H2,1H3. The largest absolute Gasteiger partial charge is 0.271 e. The van der Waals surface area contributed by atoms with Gasteiger partial charge in [0.25, 0.3) is 0 Å². The highest BCUT2D eigenvalue weighted by atomic mass is 16.6. The fraction of sp³-hybridized carbons (Fsp3) is 1.00. The molecule has 5 heteroatoms. The number of hydrogen-bond donors (Lipinski definition) is 2. The van der Waals surface area contributed by atoms with Crippen molar-refractivity contribution in [3.63, 3.8) is 0 Å². The minimum atomic E-state index is -0.412. The predicted octanol–water partition coefficient (Wildman–Crippen LogP) is -0.885. The van der Waals surface area contributed by atoms with E-state index in [-0.39, 0.29) is 12.6 Å².